The molecule has 0 saturated carbocycles. The first-order chi connectivity index (χ1) is 14.1. The summed E-state index contributed by atoms with van der Waals surface area (Å²) < 4.78 is 12.8. The molecule has 2 aromatic carbocycles. The quantitative estimate of drug-likeness (QED) is 0.527. The highest BCUT2D eigenvalue weighted by atomic mass is 16.5. The standard InChI is InChI=1S/C21H22N2O6/c24-9-10-28-15-23-20(26)12-19(25)22(21(23)27)13-17-7-4-8-18(11-17)29-14-16-5-2-1-3-6-16/h1-8,11-12,24-25H,9-10,13-15H2. The van der Waals surface area contributed by atoms with Crippen molar-refractivity contribution in [3.05, 3.63) is 92.6 Å². The number of hydrogen-bond acceptors (Lipinski definition) is 6. The molecule has 0 spiro atoms. The average molecular weight is 398 g/mol. The Morgan fingerprint density at radius 1 is 0.897 bits per heavy atom. The first-order valence-corrected chi connectivity index (χ1v) is 9.06. The number of aromatic nitrogens is 2. The van der Waals surface area contributed by atoms with Gasteiger partial charge in [-0.2, -0.15) is 0 Å². The largest absolute Gasteiger partial charge is 0.494 e. The minimum Gasteiger partial charge on any atom is -0.494 e. The lowest BCUT2D eigenvalue weighted by molar-refractivity contribution is 0.0431. The van der Waals surface area contributed by atoms with Gasteiger partial charge in [0.1, 0.15) is 19.1 Å². The van der Waals surface area contributed by atoms with Crippen molar-refractivity contribution in [2.75, 3.05) is 13.2 Å². The number of benzene rings is 2. The summed E-state index contributed by atoms with van der Waals surface area (Å²) in [6, 6.07) is 17.8. The minimum absolute atomic E-state index is 0.00639. The Balaban J connectivity index is 1.78. The van der Waals surface area contributed by atoms with Crippen LogP contribution in [0.2, 0.25) is 0 Å². The molecule has 0 fully saturated rings. The summed E-state index contributed by atoms with van der Waals surface area (Å²) in [5.41, 5.74) is 0.362. The first-order valence-electron chi connectivity index (χ1n) is 9.06. The maximum atomic E-state index is 12.6. The van der Waals surface area contributed by atoms with E-state index in [0.717, 1.165) is 26.3 Å². The predicted molar refractivity (Wildman–Crippen MR) is 106 cm³/mol. The van der Waals surface area contributed by atoms with E-state index in [9.17, 15) is 14.7 Å². The van der Waals surface area contributed by atoms with Crippen molar-refractivity contribution in [1.29, 1.82) is 0 Å². The molecule has 3 aromatic rings. The van der Waals surface area contributed by atoms with E-state index < -0.39 is 17.1 Å². The Morgan fingerprint density at radius 3 is 2.41 bits per heavy atom. The highest BCUT2D eigenvalue weighted by Gasteiger charge is 2.12. The van der Waals surface area contributed by atoms with E-state index in [1.54, 1.807) is 24.3 Å². The molecule has 0 saturated heterocycles. The van der Waals surface area contributed by atoms with Crippen LogP contribution in [0.3, 0.4) is 0 Å². The molecule has 1 aromatic heterocycles. The number of rotatable bonds is 9. The zero-order valence-electron chi connectivity index (χ0n) is 15.7. The fourth-order valence-electron chi connectivity index (χ4n) is 2.75. The molecule has 0 unspecified atom stereocenters. The van der Waals surface area contributed by atoms with Gasteiger partial charge >= 0.3 is 5.69 Å². The molecule has 0 aliphatic carbocycles. The second-order valence-electron chi connectivity index (χ2n) is 6.32. The third kappa shape index (κ3) is 5.34. The van der Waals surface area contributed by atoms with Gasteiger partial charge in [0.05, 0.1) is 25.8 Å². The van der Waals surface area contributed by atoms with Crippen molar-refractivity contribution < 1.29 is 19.7 Å². The van der Waals surface area contributed by atoms with E-state index in [2.05, 4.69) is 0 Å². The van der Waals surface area contributed by atoms with Crippen molar-refractivity contribution in [3.8, 4) is 11.6 Å². The minimum atomic E-state index is -0.705. The molecule has 0 aliphatic heterocycles. The Hall–Kier alpha value is -3.36. The lowest BCUT2D eigenvalue weighted by Crippen LogP contribution is -2.40. The van der Waals surface area contributed by atoms with Gasteiger partial charge in [-0.3, -0.25) is 9.36 Å². The topological polar surface area (TPSA) is 103 Å². The van der Waals surface area contributed by atoms with E-state index in [1.165, 1.54) is 0 Å². The zero-order chi connectivity index (χ0) is 20.6. The summed E-state index contributed by atoms with van der Waals surface area (Å²) in [5, 5.41) is 18.9. The summed E-state index contributed by atoms with van der Waals surface area (Å²) in [4.78, 5) is 24.6. The zero-order valence-corrected chi connectivity index (χ0v) is 15.7. The van der Waals surface area contributed by atoms with Gasteiger partial charge in [-0.1, -0.05) is 42.5 Å². The molecule has 0 aliphatic rings. The summed E-state index contributed by atoms with van der Waals surface area (Å²) >= 11 is 0. The fourth-order valence-corrected chi connectivity index (χ4v) is 2.75. The van der Waals surface area contributed by atoms with Crippen LogP contribution in [0, 0.1) is 0 Å². The van der Waals surface area contributed by atoms with Gasteiger partial charge in [-0.15, -0.1) is 0 Å². The normalized spacial score (nSPS) is 10.8. The summed E-state index contributed by atoms with van der Waals surface area (Å²) in [6.07, 6.45) is 0. The van der Waals surface area contributed by atoms with Gasteiger partial charge in [-0.25, -0.2) is 9.36 Å². The second-order valence-corrected chi connectivity index (χ2v) is 6.32. The number of nitrogens with zero attached hydrogens (tertiary/aromatic N) is 2. The van der Waals surface area contributed by atoms with Crippen LogP contribution in [0.1, 0.15) is 11.1 Å². The van der Waals surface area contributed by atoms with Crippen molar-refractivity contribution in [1.82, 2.24) is 9.13 Å². The first kappa shape index (κ1) is 20.4. The number of aliphatic hydroxyl groups excluding tert-OH is 1. The molecule has 8 nitrogen and oxygen atoms in total. The maximum absolute atomic E-state index is 12.6. The number of hydrogen-bond donors (Lipinski definition) is 2. The average Bonchev–Trinajstić information content (AvgIpc) is 2.73. The molecule has 1 heterocycles. The van der Waals surface area contributed by atoms with Crippen LogP contribution in [0.25, 0.3) is 0 Å². The van der Waals surface area contributed by atoms with Crippen LogP contribution in [-0.2, 0) is 24.6 Å². The molecular formula is C21H22N2O6. The lowest BCUT2D eigenvalue weighted by atomic mass is 10.2. The van der Waals surface area contributed by atoms with Crippen LogP contribution >= 0.6 is 0 Å². The Kier molecular flexibility index (Phi) is 6.83. The summed E-state index contributed by atoms with van der Waals surface area (Å²) in [5.74, 6) is 0.188. The van der Waals surface area contributed by atoms with Crippen LogP contribution < -0.4 is 16.0 Å². The van der Waals surface area contributed by atoms with Gasteiger partial charge in [0.15, 0.2) is 0 Å². The van der Waals surface area contributed by atoms with Crippen LogP contribution in [0.15, 0.2) is 70.3 Å². The lowest BCUT2D eigenvalue weighted by Gasteiger charge is -2.13. The van der Waals surface area contributed by atoms with Crippen LogP contribution in [0.4, 0.5) is 0 Å². The Bertz CT molecular complexity index is 1060. The van der Waals surface area contributed by atoms with Gasteiger partial charge < -0.3 is 19.7 Å². The molecule has 152 valence electrons. The fraction of sp³-hybridized carbons (Fsp3) is 0.238. The molecular weight excluding hydrogens is 376 g/mol. The van der Waals surface area contributed by atoms with E-state index >= 15 is 0 Å². The molecule has 0 radical (unpaired) electrons. The Labute approximate surface area is 166 Å². The van der Waals surface area contributed by atoms with Gasteiger partial charge in [-0.05, 0) is 23.3 Å². The molecule has 8 heteroatoms. The van der Waals surface area contributed by atoms with E-state index in [1.807, 2.05) is 30.3 Å². The summed E-state index contributed by atoms with van der Waals surface area (Å²) in [6.45, 7) is -0.0842. The smallest absolute Gasteiger partial charge is 0.336 e. The van der Waals surface area contributed by atoms with Crippen molar-refractivity contribution in [2.24, 2.45) is 0 Å². The molecule has 0 amide bonds. The molecule has 0 bridgehead atoms. The highest BCUT2D eigenvalue weighted by Crippen LogP contribution is 2.17. The van der Waals surface area contributed by atoms with Crippen molar-refractivity contribution in [3.63, 3.8) is 0 Å². The third-order valence-corrected chi connectivity index (χ3v) is 4.20. The van der Waals surface area contributed by atoms with Gasteiger partial charge in [0, 0.05) is 0 Å². The molecule has 2 N–H and O–H groups in total. The third-order valence-electron chi connectivity index (χ3n) is 4.20. The van der Waals surface area contributed by atoms with Gasteiger partial charge in [0.2, 0.25) is 5.88 Å². The second kappa shape index (κ2) is 9.72. The number of aliphatic hydroxyl groups is 1. The SMILES string of the molecule is O=c1cc(O)n(Cc2cccc(OCc3ccccc3)c2)c(=O)n1COCCO. The van der Waals surface area contributed by atoms with E-state index in [-0.39, 0.29) is 26.5 Å². The van der Waals surface area contributed by atoms with Crippen molar-refractivity contribution in [2.45, 2.75) is 19.9 Å². The van der Waals surface area contributed by atoms with Crippen LogP contribution in [0.5, 0.6) is 11.6 Å². The monoisotopic (exact) mass is 398 g/mol. The molecule has 29 heavy (non-hydrogen) atoms. The van der Waals surface area contributed by atoms with E-state index in [0.29, 0.717) is 12.4 Å². The summed E-state index contributed by atoms with van der Waals surface area (Å²) in [7, 11) is 0. The van der Waals surface area contributed by atoms with E-state index in [4.69, 9.17) is 14.6 Å². The molecule has 0 atom stereocenters. The number of ether oxygens (including phenoxy) is 2. The van der Waals surface area contributed by atoms with Gasteiger partial charge in [0.25, 0.3) is 5.56 Å². The number of aromatic hydroxyl groups is 1. The maximum Gasteiger partial charge on any atom is 0.336 e. The Morgan fingerprint density at radius 2 is 1.66 bits per heavy atom. The highest BCUT2D eigenvalue weighted by molar-refractivity contribution is 5.29. The predicted octanol–water partition coefficient (Wildman–Crippen LogP) is 1.31. The molecule has 3 rings (SSSR count). The van der Waals surface area contributed by atoms with Crippen LogP contribution in [-0.4, -0.2) is 32.6 Å². The van der Waals surface area contributed by atoms with Crippen molar-refractivity contribution >= 4 is 0 Å².